The Bertz CT molecular complexity index is 918. The third-order valence-electron chi connectivity index (χ3n) is 5.37. The molecule has 0 saturated carbocycles. The lowest BCUT2D eigenvalue weighted by atomic mass is 9.78. The van der Waals surface area contributed by atoms with Crippen LogP contribution in [0.25, 0.3) is 0 Å². The van der Waals surface area contributed by atoms with Gasteiger partial charge in [0, 0.05) is 24.1 Å². The van der Waals surface area contributed by atoms with Gasteiger partial charge in [-0.05, 0) is 37.3 Å². The monoisotopic (exact) mass is 421 g/mol. The lowest BCUT2D eigenvalue weighted by Gasteiger charge is -2.33. The standard InChI is InChI=1S/C22H28FNO4S/c1-3-17-15-28-21-14-20(23)22(27-11-10-24-29(25,26)4-2)13-19(21)18(17)12-16-8-6-5-7-9-16/h5-9,13-14,17-18,24H,3-4,10-12,15H2,1-2H3. The molecule has 0 spiro atoms. The van der Waals surface area contributed by atoms with E-state index >= 15 is 0 Å². The second-order valence-corrected chi connectivity index (χ2v) is 9.34. The van der Waals surface area contributed by atoms with Crippen molar-refractivity contribution in [3.63, 3.8) is 0 Å². The number of fused-ring (bicyclic) bond motifs is 1. The van der Waals surface area contributed by atoms with Crippen molar-refractivity contribution >= 4 is 10.0 Å². The van der Waals surface area contributed by atoms with E-state index in [0.717, 1.165) is 18.4 Å². The number of nitrogens with one attached hydrogen (secondary N) is 1. The van der Waals surface area contributed by atoms with Crippen molar-refractivity contribution in [1.29, 1.82) is 0 Å². The largest absolute Gasteiger partial charge is 0.493 e. The summed E-state index contributed by atoms with van der Waals surface area (Å²) >= 11 is 0. The Hall–Kier alpha value is -2.12. The molecule has 2 aromatic carbocycles. The third kappa shape index (κ3) is 5.48. The molecule has 1 heterocycles. The first-order chi connectivity index (χ1) is 13.9. The summed E-state index contributed by atoms with van der Waals surface area (Å²) in [6, 6.07) is 13.3. The van der Waals surface area contributed by atoms with Crippen molar-refractivity contribution < 1.29 is 22.3 Å². The number of halogens is 1. The fourth-order valence-corrected chi connectivity index (χ4v) is 4.25. The highest BCUT2D eigenvalue weighted by atomic mass is 32.2. The molecule has 2 unspecified atom stereocenters. The molecule has 5 nitrogen and oxygen atoms in total. The van der Waals surface area contributed by atoms with Gasteiger partial charge in [0.15, 0.2) is 11.6 Å². The zero-order chi connectivity index (χ0) is 20.9. The van der Waals surface area contributed by atoms with E-state index < -0.39 is 15.8 Å². The van der Waals surface area contributed by atoms with Crippen LogP contribution in [0.3, 0.4) is 0 Å². The number of hydrogen-bond acceptors (Lipinski definition) is 4. The van der Waals surface area contributed by atoms with Crippen molar-refractivity contribution in [2.24, 2.45) is 5.92 Å². The van der Waals surface area contributed by atoms with E-state index in [-0.39, 0.29) is 30.6 Å². The van der Waals surface area contributed by atoms with Gasteiger partial charge in [0.1, 0.15) is 12.4 Å². The molecule has 1 N–H and O–H groups in total. The molecular weight excluding hydrogens is 393 g/mol. The molecule has 1 aliphatic heterocycles. The van der Waals surface area contributed by atoms with Crippen LogP contribution in [0.2, 0.25) is 0 Å². The summed E-state index contributed by atoms with van der Waals surface area (Å²) < 4.78 is 51.3. The number of sulfonamides is 1. The van der Waals surface area contributed by atoms with E-state index in [0.29, 0.717) is 18.3 Å². The van der Waals surface area contributed by atoms with Crippen LogP contribution in [0.5, 0.6) is 11.5 Å². The van der Waals surface area contributed by atoms with Gasteiger partial charge in [-0.3, -0.25) is 0 Å². The molecule has 2 aromatic rings. The highest BCUT2D eigenvalue weighted by Crippen LogP contribution is 2.43. The topological polar surface area (TPSA) is 64.6 Å². The van der Waals surface area contributed by atoms with Crippen molar-refractivity contribution in [2.45, 2.75) is 32.6 Å². The molecule has 0 fully saturated rings. The fourth-order valence-electron chi connectivity index (χ4n) is 3.65. The Kier molecular flexibility index (Phi) is 7.14. The third-order valence-corrected chi connectivity index (χ3v) is 6.77. The Morgan fingerprint density at radius 1 is 1.21 bits per heavy atom. The molecule has 0 saturated heterocycles. The van der Waals surface area contributed by atoms with E-state index in [4.69, 9.17) is 9.47 Å². The minimum absolute atomic E-state index is 0.00286. The minimum atomic E-state index is -3.30. The average molecular weight is 422 g/mol. The fraction of sp³-hybridized carbons (Fsp3) is 0.455. The van der Waals surface area contributed by atoms with Crippen molar-refractivity contribution in [3.8, 4) is 11.5 Å². The van der Waals surface area contributed by atoms with E-state index in [1.54, 1.807) is 13.0 Å². The van der Waals surface area contributed by atoms with Crippen LogP contribution in [0.1, 0.15) is 37.3 Å². The highest BCUT2D eigenvalue weighted by Gasteiger charge is 2.31. The molecule has 0 aliphatic carbocycles. The van der Waals surface area contributed by atoms with Gasteiger partial charge in [-0.15, -0.1) is 0 Å². The summed E-state index contributed by atoms with van der Waals surface area (Å²) in [4.78, 5) is 0. The Labute approximate surface area is 172 Å². The normalized spacial score (nSPS) is 18.7. The summed E-state index contributed by atoms with van der Waals surface area (Å²) in [5, 5.41) is 0. The van der Waals surface area contributed by atoms with E-state index in [9.17, 15) is 12.8 Å². The molecule has 0 aromatic heterocycles. The molecule has 1 aliphatic rings. The van der Waals surface area contributed by atoms with Crippen LogP contribution >= 0.6 is 0 Å². The van der Waals surface area contributed by atoms with Crippen LogP contribution in [-0.4, -0.2) is 33.9 Å². The van der Waals surface area contributed by atoms with Crippen LogP contribution < -0.4 is 14.2 Å². The lowest BCUT2D eigenvalue weighted by Crippen LogP contribution is -2.29. The maximum Gasteiger partial charge on any atom is 0.211 e. The first kappa shape index (κ1) is 21.6. The van der Waals surface area contributed by atoms with Crippen LogP contribution in [0.15, 0.2) is 42.5 Å². The lowest BCUT2D eigenvalue weighted by molar-refractivity contribution is 0.185. The molecule has 0 bridgehead atoms. The molecule has 7 heteroatoms. The first-order valence-electron chi connectivity index (χ1n) is 10.0. The summed E-state index contributed by atoms with van der Waals surface area (Å²) in [7, 11) is -3.30. The number of ether oxygens (including phenoxy) is 2. The van der Waals surface area contributed by atoms with E-state index in [2.05, 4.69) is 23.8 Å². The van der Waals surface area contributed by atoms with Crippen LogP contribution in [-0.2, 0) is 16.4 Å². The highest BCUT2D eigenvalue weighted by molar-refractivity contribution is 7.89. The second kappa shape index (κ2) is 9.59. The molecule has 0 amide bonds. The zero-order valence-corrected chi connectivity index (χ0v) is 17.7. The molecule has 0 radical (unpaired) electrons. The van der Waals surface area contributed by atoms with Gasteiger partial charge in [-0.2, -0.15) is 0 Å². The molecule has 2 atom stereocenters. The van der Waals surface area contributed by atoms with Crippen molar-refractivity contribution in [1.82, 2.24) is 4.72 Å². The van der Waals surface area contributed by atoms with Gasteiger partial charge >= 0.3 is 0 Å². The van der Waals surface area contributed by atoms with Gasteiger partial charge in [0.25, 0.3) is 0 Å². The van der Waals surface area contributed by atoms with Gasteiger partial charge in [0.05, 0.1) is 12.4 Å². The van der Waals surface area contributed by atoms with Crippen molar-refractivity contribution in [2.75, 3.05) is 25.5 Å². The van der Waals surface area contributed by atoms with Crippen molar-refractivity contribution in [3.05, 3.63) is 59.4 Å². The summed E-state index contributed by atoms with van der Waals surface area (Å²) in [6.45, 7) is 4.41. The number of benzene rings is 2. The predicted molar refractivity (Wildman–Crippen MR) is 112 cm³/mol. The second-order valence-electron chi connectivity index (χ2n) is 7.24. The van der Waals surface area contributed by atoms with Crippen LogP contribution in [0, 0.1) is 11.7 Å². The van der Waals surface area contributed by atoms with Gasteiger partial charge in [-0.1, -0.05) is 37.3 Å². The zero-order valence-electron chi connectivity index (χ0n) is 16.9. The van der Waals surface area contributed by atoms with Gasteiger partial charge in [0.2, 0.25) is 10.0 Å². The quantitative estimate of drug-likeness (QED) is 0.624. The molecular formula is C22H28FNO4S. The predicted octanol–water partition coefficient (Wildman–Crippen LogP) is 3.89. The molecule has 3 rings (SSSR count). The Morgan fingerprint density at radius 3 is 2.66 bits per heavy atom. The summed E-state index contributed by atoms with van der Waals surface area (Å²) in [6.07, 6.45) is 1.81. The van der Waals surface area contributed by atoms with Crippen LogP contribution in [0.4, 0.5) is 4.39 Å². The van der Waals surface area contributed by atoms with Gasteiger partial charge in [-0.25, -0.2) is 17.5 Å². The summed E-state index contributed by atoms with van der Waals surface area (Å²) in [5.41, 5.74) is 2.17. The maximum atomic E-state index is 14.5. The minimum Gasteiger partial charge on any atom is -0.493 e. The van der Waals surface area contributed by atoms with E-state index in [1.807, 2.05) is 18.2 Å². The Balaban J connectivity index is 1.79. The smallest absolute Gasteiger partial charge is 0.211 e. The first-order valence-corrected chi connectivity index (χ1v) is 11.7. The Morgan fingerprint density at radius 2 is 1.97 bits per heavy atom. The van der Waals surface area contributed by atoms with Gasteiger partial charge < -0.3 is 9.47 Å². The number of rotatable bonds is 9. The SMILES string of the molecule is CCC1COc2cc(F)c(OCCNS(=O)(=O)CC)cc2C1Cc1ccccc1. The number of hydrogen-bond donors (Lipinski definition) is 1. The molecule has 158 valence electrons. The summed E-state index contributed by atoms with van der Waals surface area (Å²) in [5.74, 6) is 0.711. The van der Waals surface area contributed by atoms with E-state index in [1.165, 1.54) is 11.6 Å². The average Bonchev–Trinajstić information content (AvgIpc) is 2.72. The molecule has 29 heavy (non-hydrogen) atoms. The maximum absolute atomic E-state index is 14.5.